The maximum atomic E-state index is 12.8. The largest absolute Gasteiger partial charge is 0.423 e. The van der Waals surface area contributed by atoms with Crippen molar-refractivity contribution in [2.24, 2.45) is 0 Å². The fourth-order valence-electron chi connectivity index (χ4n) is 2.74. The number of carbonyl (C=O) groups excluding carboxylic acids is 1. The molecule has 0 unspecified atom stereocenters. The van der Waals surface area contributed by atoms with Gasteiger partial charge in [0, 0.05) is 42.4 Å². The predicted molar refractivity (Wildman–Crippen MR) is 105 cm³/mol. The zero-order chi connectivity index (χ0) is 19.4. The maximum absolute atomic E-state index is 12.8. The van der Waals surface area contributed by atoms with E-state index in [2.05, 4.69) is 10.3 Å². The molecule has 0 saturated heterocycles. The lowest BCUT2D eigenvalue weighted by molar-refractivity contribution is 0.152. The Bertz CT molecular complexity index is 998. The van der Waals surface area contributed by atoms with Crippen molar-refractivity contribution in [1.29, 1.82) is 0 Å². The molecule has 0 aliphatic carbocycles. The van der Waals surface area contributed by atoms with Crippen LogP contribution in [0.1, 0.15) is 16.1 Å². The molecule has 27 heavy (non-hydrogen) atoms. The number of nitrogens with zero attached hydrogens (tertiary/aromatic N) is 2. The van der Waals surface area contributed by atoms with E-state index in [1.54, 1.807) is 24.3 Å². The normalized spacial score (nSPS) is 10.9. The molecule has 3 aromatic rings. The number of hydrogen-bond donors (Lipinski definition) is 1. The van der Waals surface area contributed by atoms with E-state index in [-0.39, 0.29) is 11.7 Å². The molecule has 8 heteroatoms. The lowest BCUT2D eigenvalue weighted by atomic mass is 10.1. The van der Waals surface area contributed by atoms with Gasteiger partial charge in [0.1, 0.15) is 10.6 Å². The first-order chi connectivity index (χ1) is 13.0. The van der Waals surface area contributed by atoms with Crippen molar-refractivity contribution in [3.63, 3.8) is 0 Å². The van der Waals surface area contributed by atoms with Gasteiger partial charge in [0.25, 0.3) is 0 Å². The van der Waals surface area contributed by atoms with Crippen LogP contribution in [0.4, 0.5) is 10.5 Å². The third-order valence-corrected chi connectivity index (χ3v) is 4.96. The minimum absolute atomic E-state index is 0.236. The van der Waals surface area contributed by atoms with Crippen molar-refractivity contribution in [1.82, 2.24) is 9.88 Å². The Morgan fingerprint density at radius 2 is 2.11 bits per heavy atom. The highest BCUT2D eigenvalue weighted by atomic mass is 32.1. The molecule has 1 aromatic carbocycles. The number of ether oxygens (including phenoxy) is 1. The topological polar surface area (TPSA) is 84.7 Å². The van der Waals surface area contributed by atoms with Crippen molar-refractivity contribution >= 4 is 34.0 Å². The quantitative estimate of drug-likeness (QED) is 0.654. The van der Waals surface area contributed by atoms with Crippen LogP contribution in [0.15, 0.2) is 39.0 Å². The predicted octanol–water partition coefficient (Wildman–Crippen LogP) is 3.55. The Kier molecular flexibility index (Phi) is 5.88. The van der Waals surface area contributed by atoms with Crippen molar-refractivity contribution in [2.45, 2.75) is 20.4 Å². The zero-order valence-corrected chi connectivity index (χ0v) is 16.3. The lowest BCUT2D eigenvalue weighted by Crippen LogP contribution is -2.37. The SMILES string of the molecule is COCCN(Cc1nccs1)C(=O)Nc1cc2c(C)cc(=O)oc2cc1C. The van der Waals surface area contributed by atoms with Crippen LogP contribution in [0, 0.1) is 13.8 Å². The summed E-state index contributed by atoms with van der Waals surface area (Å²) in [6.07, 6.45) is 1.72. The van der Waals surface area contributed by atoms with Gasteiger partial charge in [-0.2, -0.15) is 0 Å². The van der Waals surface area contributed by atoms with Crippen LogP contribution in [-0.4, -0.2) is 36.2 Å². The number of aromatic nitrogens is 1. The van der Waals surface area contributed by atoms with Gasteiger partial charge in [0.05, 0.1) is 13.2 Å². The zero-order valence-electron chi connectivity index (χ0n) is 15.4. The number of methoxy groups -OCH3 is 1. The molecule has 7 nitrogen and oxygen atoms in total. The van der Waals surface area contributed by atoms with Crippen LogP contribution < -0.4 is 10.9 Å². The van der Waals surface area contributed by atoms with Gasteiger partial charge in [-0.1, -0.05) is 0 Å². The summed E-state index contributed by atoms with van der Waals surface area (Å²) in [6, 6.07) is 4.80. The summed E-state index contributed by atoms with van der Waals surface area (Å²) >= 11 is 1.50. The van der Waals surface area contributed by atoms with Crippen LogP contribution in [0.2, 0.25) is 0 Å². The monoisotopic (exact) mass is 387 g/mol. The third kappa shape index (κ3) is 4.53. The molecule has 2 heterocycles. The van der Waals surface area contributed by atoms with Gasteiger partial charge in [0.15, 0.2) is 0 Å². The average molecular weight is 387 g/mol. The highest BCUT2D eigenvalue weighted by molar-refractivity contribution is 7.09. The molecule has 0 aliphatic rings. The second kappa shape index (κ2) is 8.32. The van der Waals surface area contributed by atoms with E-state index in [9.17, 15) is 9.59 Å². The van der Waals surface area contributed by atoms with Gasteiger partial charge in [-0.25, -0.2) is 14.6 Å². The van der Waals surface area contributed by atoms with E-state index in [1.165, 1.54) is 17.4 Å². The molecule has 3 rings (SSSR count). The Hall–Kier alpha value is -2.71. The van der Waals surface area contributed by atoms with Crippen LogP contribution >= 0.6 is 11.3 Å². The van der Waals surface area contributed by atoms with Gasteiger partial charge in [-0.05, 0) is 37.1 Å². The van der Waals surface area contributed by atoms with Crippen molar-refractivity contribution in [3.05, 3.63) is 56.3 Å². The first-order valence-electron chi connectivity index (χ1n) is 8.46. The van der Waals surface area contributed by atoms with Gasteiger partial charge in [-0.3, -0.25) is 0 Å². The number of nitrogens with one attached hydrogen (secondary N) is 1. The summed E-state index contributed by atoms with van der Waals surface area (Å²) in [7, 11) is 1.60. The highest BCUT2D eigenvalue weighted by Gasteiger charge is 2.17. The first-order valence-corrected chi connectivity index (χ1v) is 9.34. The Labute approximate surface area is 160 Å². The number of rotatable bonds is 6. The standard InChI is InChI=1S/C19H21N3O4S/c1-12-9-18(23)26-16-8-13(2)15(10-14(12)16)21-19(24)22(5-6-25-3)11-17-20-4-7-27-17/h4,7-10H,5-6,11H2,1-3H3,(H,21,24). The number of benzene rings is 1. The van der Waals surface area contributed by atoms with Gasteiger partial charge in [-0.15, -0.1) is 11.3 Å². The molecule has 0 fully saturated rings. The molecule has 0 bridgehead atoms. The summed E-state index contributed by atoms with van der Waals surface area (Å²) < 4.78 is 10.4. The molecule has 0 radical (unpaired) electrons. The molecule has 0 spiro atoms. The smallest absolute Gasteiger partial charge is 0.336 e. The molecule has 0 saturated carbocycles. The minimum atomic E-state index is -0.384. The van der Waals surface area contributed by atoms with E-state index in [1.807, 2.05) is 25.3 Å². The molecular formula is C19H21N3O4S. The number of anilines is 1. The second-order valence-corrected chi connectivity index (χ2v) is 7.16. The van der Waals surface area contributed by atoms with E-state index in [0.29, 0.717) is 31.0 Å². The first kappa shape index (κ1) is 19.1. The van der Waals surface area contributed by atoms with Crippen LogP contribution in [0.5, 0.6) is 0 Å². The van der Waals surface area contributed by atoms with Crippen molar-refractivity contribution < 1.29 is 13.9 Å². The Morgan fingerprint density at radius 3 is 2.81 bits per heavy atom. The minimum Gasteiger partial charge on any atom is -0.423 e. The number of aryl methyl sites for hydroxylation is 2. The third-order valence-electron chi connectivity index (χ3n) is 4.20. The molecule has 142 valence electrons. The fraction of sp³-hybridized carbons (Fsp3) is 0.316. The number of fused-ring (bicyclic) bond motifs is 1. The van der Waals surface area contributed by atoms with Crippen LogP contribution in [0.25, 0.3) is 11.0 Å². The maximum Gasteiger partial charge on any atom is 0.336 e. The Morgan fingerprint density at radius 1 is 1.30 bits per heavy atom. The van der Waals surface area contributed by atoms with Crippen LogP contribution in [0.3, 0.4) is 0 Å². The number of thiazole rings is 1. The summed E-state index contributed by atoms with van der Waals surface area (Å²) in [5.41, 5.74) is 2.41. The van der Waals surface area contributed by atoms with Crippen molar-refractivity contribution in [2.75, 3.05) is 25.6 Å². The summed E-state index contributed by atoms with van der Waals surface area (Å²) in [5, 5.41) is 6.48. The molecular weight excluding hydrogens is 366 g/mol. The molecule has 1 N–H and O–H groups in total. The summed E-state index contributed by atoms with van der Waals surface area (Å²) in [6.45, 7) is 4.99. The molecule has 2 amide bonds. The number of amides is 2. The van der Waals surface area contributed by atoms with Gasteiger partial charge in [0.2, 0.25) is 0 Å². The average Bonchev–Trinajstić information content (AvgIpc) is 3.12. The highest BCUT2D eigenvalue weighted by Crippen LogP contribution is 2.25. The number of urea groups is 1. The van der Waals surface area contributed by atoms with E-state index in [0.717, 1.165) is 21.5 Å². The number of hydrogen-bond acceptors (Lipinski definition) is 6. The fourth-order valence-corrected chi connectivity index (χ4v) is 3.37. The Balaban J connectivity index is 1.85. The van der Waals surface area contributed by atoms with Gasteiger partial charge < -0.3 is 19.4 Å². The van der Waals surface area contributed by atoms with E-state index < -0.39 is 0 Å². The molecule has 0 atom stereocenters. The van der Waals surface area contributed by atoms with Crippen molar-refractivity contribution in [3.8, 4) is 0 Å². The van der Waals surface area contributed by atoms with E-state index in [4.69, 9.17) is 9.15 Å². The molecule has 2 aromatic heterocycles. The van der Waals surface area contributed by atoms with Gasteiger partial charge >= 0.3 is 11.7 Å². The summed E-state index contributed by atoms with van der Waals surface area (Å²) in [5.74, 6) is 0. The van der Waals surface area contributed by atoms with Crippen LogP contribution in [-0.2, 0) is 11.3 Å². The molecule has 0 aliphatic heterocycles. The lowest BCUT2D eigenvalue weighted by Gasteiger charge is -2.22. The number of carbonyl (C=O) groups is 1. The second-order valence-electron chi connectivity index (χ2n) is 6.18. The van der Waals surface area contributed by atoms with E-state index >= 15 is 0 Å². The summed E-state index contributed by atoms with van der Waals surface area (Å²) in [4.78, 5) is 30.3.